The molecule has 3 aromatic rings. The number of hydrogen-bond donors (Lipinski definition) is 1. The number of carboxylic acids is 1. The fourth-order valence-electron chi connectivity index (χ4n) is 2.94. The van der Waals surface area contributed by atoms with Gasteiger partial charge in [0.1, 0.15) is 10.5 Å². The zero-order chi connectivity index (χ0) is 20.0. The van der Waals surface area contributed by atoms with Gasteiger partial charge in [0.2, 0.25) is 5.91 Å². The van der Waals surface area contributed by atoms with Crippen molar-refractivity contribution in [2.24, 2.45) is 0 Å². The summed E-state index contributed by atoms with van der Waals surface area (Å²) in [5.41, 5.74) is 0.558. The number of benzene rings is 2. The predicted molar refractivity (Wildman–Crippen MR) is 107 cm³/mol. The minimum absolute atomic E-state index is 0.0462. The van der Waals surface area contributed by atoms with Crippen LogP contribution in [0.15, 0.2) is 39.7 Å². The van der Waals surface area contributed by atoms with Crippen molar-refractivity contribution in [2.75, 3.05) is 4.90 Å². The molecule has 1 atom stereocenters. The molecule has 0 saturated heterocycles. The van der Waals surface area contributed by atoms with E-state index < -0.39 is 22.9 Å². The van der Waals surface area contributed by atoms with Crippen LogP contribution in [0, 0.1) is 11.6 Å². The van der Waals surface area contributed by atoms with Crippen molar-refractivity contribution >= 4 is 66.8 Å². The minimum atomic E-state index is -1.07. The molecule has 0 saturated carbocycles. The Morgan fingerprint density at radius 2 is 2.07 bits per heavy atom. The summed E-state index contributed by atoms with van der Waals surface area (Å²) >= 11 is 5.75. The van der Waals surface area contributed by atoms with Crippen molar-refractivity contribution in [3.63, 3.8) is 0 Å². The lowest BCUT2D eigenvalue weighted by atomic mass is 10.2. The van der Waals surface area contributed by atoms with E-state index in [0.29, 0.717) is 15.4 Å². The number of hydrogen-bond acceptors (Lipinski definition) is 5. The number of rotatable bonds is 4. The molecule has 5 nitrogen and oxygen atoms in total. The summed E-state index contributed by atoms with van der Waals surface area (Å²) < 4.78 is 28.7. The van der Waals surface area contributed by atoms with Gasteiger partial charge in [-0.15, -0.1) is 23.1 Å². The summed E-state index contributed by atoms with van der Waals surface area (Å²) in [6.07, 6.45) is -0.314. The standard InChI is InChI=1S/C18H11BrF2N2O3S2/c19-8-1-3-10-12(5-8)27-13(6-15(24)25)18(26)23(10)7-14-22-17-11(28-14)4-2-9(20)16(17)21/h1-5,13H,6-7H2,(H,24,25). The summed E-state index contributed by atoms with van der Waals surface area (Å²) in [7, 11) is 0. The molecule has 144 valence electrons. The molecule has 28 heavy (non-hydrogen) atoms. The number of aromatic nitrogens is 1. The highest BCUT2D eigenvalue weighted by Gasteiger charge is 2.35. The molecular formula is C18H11BrF2N2O3S2. The van der Waals surface area contributed by atoms with Gasteiger partial charge in [0, 0.05) is 9.37 Å². The van der Waals surface area contributed by atoms with Crippen molar-refractivity contribution in [1.29, 1.82) is 0 Å². The molecular weight excluding hydrogens is 474 g/mol. The number of carbonyl (C=O) groups is 2. The number of amides is 1. The number of carboxylic acid groups (broad SMARTS) is 1. The number of nitrogens with zero attached hydrogens (tertiary/aromatic N) is 2. The van der Waals surface area contributed by atoms with Crippen LogP contribution in [0.4, 0.5) is 14.5 Å². The van der Waals surface area contributed by atoms with Crippen molar-refractivity contribution < 1.29 is 23.5 Å². The molecule has 10 heteroatoms. The van der Waals surface area contributed by atoms with E-state index in [1.54, 1.807) is 12.1 Å². The van der Waals surface area contributed by atoms with Crippen LogP contribution in [-0.4, -0.2) is 27.2 Å². The first-order valence-electron chi connectivity index (χ1n) is 8.06. The van der Waals surface area contributed by atoms with Gasteiger partial charge in [-0.05, 0) is 30.3 Å². The number of thioether (sulfide) groups is 1. The molecule has 0 bridgehead atoms. The zero-order valence-electron chi connectivity index (χ0n) is 14.0. The molecule has 1 aliphatic rings. The summed E-state index contributed by atoms with van der Waals surface area (Å²) in [6.45, 7) is 0.0462. The Balaban J connectivity index is 1.74. The Labute approximate surface area is 174 Å². The molecule has 0 fully saturated rings. The Morgan fingerprint density at radius 1 is 1.29 bits per heavy atom. The van der Waals surface area contributed by atoms with Crippen molar-refractivity contribution in [3.8, 4) is 0 Å². The van der Waals surface area contributed by atoms with Gasteiger partial charge in [-0.25, -0.2) is 13.8 Å². The van der Waals surface area contributed by atoms with Crippen LogP contribution in [0.1, 0.15) is 11.4 Å². The average molecular weight is 485 g/mol. The topological polar surface area (TPSA) is 70.5 Å². The largest absolute Gasteiger partial charge is 0.481 e. The Kier molecular flexibility index (Phi) is 5.11. The smallest absolute Gasteiger partial charge is 0.305 e. The van der Waals surface area contributed by atoms with Crippen LogP contribution >= 0.6 is 39.0 Å². The van der Waals surface area contributed by atoms with Crippen molar-refractivity contribution in [2.45, 2.75) is 23.1 Å². The fourth-order valence-corrected chi connectivity index (χ4v) is 5.66. The van der Waals surface area contributed by atoms with Crippen LogP contribution in [0.2, 0.25) is 0 Å². The highest BCUT2D eigenvalue weighted by molar-refractivity contribution is 9.10. The van der Waals surface area contributed by atoms with Gasteiger partial charge >= 0.3 is 5.97 Å². The fraction of sp³-hybridized carbons (Fsp3) is 0.167. The van der Waals surface area contributed by atoms with Crippen LogP contribution in [0.3, 0.4) is 0 Å². The quantitative estimate of drug-likeness (QED) is 0.574. The molecule has 2 heterocycles. The maximum atomic E-state index is 14.0. The van der Waals surface area contributed by atoms with E-state index >= 15 is 0 Å². The zero-order valence-corrected chi connectivity index (χ0v) is 17.2. The maximum absolute atomic E-state index is 14.0. The van der Waals surface area contributed by atoms with Crippen LogP contribution in [0.5, 0.6) is 0 Å². The van der Waals surface area contributed by atoms with E-state index in [-0.39, 0.29) is 24.4 Å². The molecule has 0 aliphatic carbocycles. The van der Waals surface area contributed by atoms with E-state index in [1.165, 1.54) is 22.7 Å². The summed E-state index contributed by atoms with van der Waals surface area (Å²) in [5, 5.41) is 8.79. The number of halogens is 3. The maximum Gasteiger partial charge on any atom is 0.305 e. The number of carbonyl (C=O) groups excluding carboxylic acids is 1. The number of anilines is 1. The highest BCUT2D eigenvalue weighted by atomic mass is 79.9. The summed E-state index contributed by atoms with van der Waals surface area (Å²) in [6, 6.07) is 7.85. The second-order valence-electron chi connectivity index (χ2n) is 6.06. The number of thiazole rings is 1. The van der Waals surface area contributed by atoms with E-state index in [4.69, 9.17) is 5.11 Å². The monoisotopic (exact) mass is 484 g/mol. The number of fused-ring (bicyclic) bond motifs is 2. The second-order valence-corrected chi connectivity index (χ2v) is 9.33. The van der Waals surface area contributed by atoms with Crippen molar-refractivity contribution in [1.82, 2.24) is 4.98 Å². The van der Waals surface area contributed by atoms with E-state index in [1.807, 2.05) is 6.07 Å². The summed E-state index contributed by atoms with van der Waals surface area (Å²) in [5.74, 6) is -3.42. The SMILES string of the molecule is O=C(O)CC1Sc2cc(Br)ccc2N(Cc2nc3c(F)c(F)ccc3s2)C1=O. The van der Waals surface area contributed by atoms with E-state index in [9.17, 15) is 18.4 Å². The van der Waals surface area contributed by atoms with Crippen LogP contribution in [0.25, 0.3) is 10.2 Å². The van der Waals surface area contributed by atoms with Gasteiger partial charge in [0.15, 0.2) is 11.6 Å². The third kappa shape index (κ3) is 3.51. The average Bonchev–Trinajstić information content (AvgIpc) is 3.05. The lowest BCUT2D eigenvalue weighted by Crippen LogP contribution is -2.41. The molecule has 1 aromatic heterocycles. The van der Waals surface area contributed by atoms with Gasteiger partial charge in [-0.3, -0.25) is 9.59 Å². The molecule has 1 N–H and O–H groups in total. The molecule has 0 spiro atoms. The third-order valence-electron chi connectivity index (χ3n) is 4.17. The van der Waals surface area contributed by atoms with Gasteiger partial charge in [-0.2, -0.15) is 0 Å². The lowest BCUT2D eigenvalue weighted by Gasteiger charge is -2.32. The predicted octanol–water partition coefficient (Wildman–Crippen LogP) is 4.82. The first-order valence-corrected chi connectivity index (χ1v) is 10.5. The van der Waals surface area contributed by atoms with Gasteiger partial charge in [0.25, 0.3) is 0 Å². The first-order chi connectivity index (χ1) is 13.3. The molecule has 1 unspecified atom stereocenters. The van der Waals surface area contributed by atoms with E-state index in [2.05, 4.69) is 20.9 Å². The Morgan fingerprint density at radius 3 is 2.82 bits per heavy atom. The normalized spacial score (nSPS) is 16.5. The number of aliphatic carboxylic acids is 1. The molecule has 1 aliphatic heterocycles. The van der Waals surface area contributed by atoms with Gasteiger partial charge in [-0.1, -0.05) is 15.9 Å². The van der Waals surface area contributed by atoms with Gasteiger partial charge < -0.3 is 10.0 Å². The Bertz CT molecular complexity index is 1120. The second kappa shape index (κ2) is 7.41. The van der Waals surface area contributed by atoms with Crippen LogP contribution < -0.4 is 4.90 Å². The molecule has 1 amide bonds. The molecule has 4 rings (SSSR count). The first kappa shape index (κ1) is 19.3. The highest BCUT2D eigenvalue weighted by Crippen LogP contribution is 2.42. The Hall–Kier alpha value is -2.04. The lowest BCUT2D eigenvalue weighted by molar-refractivity contribution is -0.138. The van der Waals surface area contributed by atoms with Gasteiger partial charge in [0.05, 0.1) is 28.6 Å². The van der Waals surface area contributed by atoms with Crippen molar-refractivity contribution in [3.05, 3.63) is 51.4 Å². The minimum Gasteiger partial charge on any atom is -0.481 e. The van der Waals surface area contributed by atoms with E-state index in [0.717, 1.165) is 26.8 Å². The molecule has 0 radical (unpaired) electrons. The third-order valence-corrected chi connectivity index (χ3v) is 6.91. The van der Waals surface area contributed by atoms with Crippen LogP contribution in [-0.2, 0) is 16.1 Å². The summed E-state index contributed by atoms with van der Waals surface area (Å²) in [4.78, 5) is 30.5. The molecule has 2 aromatic carbocycles.